The van der Waals surface area contributed by atoms with Gasteiger partial charge in [0.15, 0.2) is 5.82 Å². The van der Waals surface area contributed by atoms with E-state index in [-0.39, 0.29) is 42.7 Å². The molecular formula is C26H22ClF4N5O3. The Morgan fingerprint density at radius 2 is 1.87 bits per heavy atom. The number of halogens is 5. The smallest absolute Gasteiger partial charge is 0.419 e. The minimum absolute atomic E-state index is 0.00143. The van der Waals surface area contributed by atoms with Gasteiger partial charge in [-0.2, -0.15) is 18.2 Å². The second kappa shape index (κ2) is 11.7. The summed E-state index contributed by atoms with van der Waals surface area (Å²) in [6.45, 7) is 0.185. The number of aromatic nitrogens is 4. The van der Waals surface area contributed by atoms with Crippen LogP contribution in [0.3, 0.4) is 0 Å². The van der Waals surface area contributed by atoms with Crippen molar-refractivity contribution in [2.45, 2.75) is 32.1 Å². The molecule has 0 amide bonds. The van der Waals surface area contributed by atoms with E-state index in [1.165, 1.54) is 35.0 Å². The summed E-state index contributed by atoms with van der Waals surface area (Å²) < 4.78 is 61.4. The van der Waals surface area contributed by atoms with Crippen LogP contribution in [0.1, 0.15) is 24.0 Å². The molecule has 0 bridgehead atoms. The van der Waals surface area contributed by atoms with Crippen LogP contribution in [0.15, 0.2) is 60.8 Å². The van der Waals surface area contributed by atoms with Crippen LogP contribution in [-0.2, 0) is 24.1 Å². The van der Waals surface area contributed by atoms with Crippen molar-refractivity contribution in [1.29, 1.82) is 0 Å². The Hall–Kier alpha value is -4.19. The number of rotatable bonds is 10. The van der Waals surface area contributed by atoms with E-state index in [9.17, 15) is 22.4 Å². The molecule has 2 heterocycles. The molecule has 2 aromatic carbocycles. The summed E-state index contributed by atoms with van der Waals surface area (Å²) in [7, 11) is 1.51. The molecule has 0 radical (unpaired) electrons. The Kier molecular flexibility index (Phi) is 8.34. The fraction of sp³-hybridized carbons (Fsp3) is 0.231. The third kappa shape index (κ3) is 6.82. The summed E-state index contributed by atoms with van der Waals surface area (Å²) >= 11 is 6.06. The molecule has 0 saturated heterocycles. The lowest BCUT2D eigenvalue weighted by molar-refractivity contribution is -0.140. The van der Waals surface area contributed by atoms with Crippen molar-refractivity contribution in [3.8, 4) is 17.1 Å². The van der Waals surface area contributed by atoms with E-state index in [0.717, 1.165) is 6.07 Å². The van der Waals surface area contributed by atoms with Crippen LogP contribution in [0.4, 0.5) is 29.2 Å². The van der Waals surface area contributed by atoms with Gasteiger partial charge >= 0.3 is 12.1 Å². The number of ether oxygens (including phenoxy) is 1. The molecule has 39 heavy (non-hydrogen) atoms. The quantitative estimate of drug-likeness (QED) is 0.177. The molecule has 4 rings (SSSR count). The fourth-order valence-corrected chi connectivity index (χ4v) is 4.00. The molecule has 0 aliphatic carbocycles. The summed E-state index contributed by atoms with van der Waals surface area (Å²) in [5.41, 5.74) is -0.226. The van der Waals surface area contributed by atoms with E-state index in [4.69, 9.17) is 21.4 Å². The molecule has 1 N–H and O–H groups in total. The second-order valence-corrected chi connectivity index (χ2v) is 8.81. The minimum Gasteiger partial charge on any atom is -0.497 e. The Balaban J connectivity index is 1.83. The monoisotopic (exact) mass is 563 g/mol. The number of aliphatic carboxylic acids is 1. The van der Waals surface area contributed by atoms with Gasteiger partial charge in [-0.25, -0.2) is 14.1 Å². The van der Waals surface area contributed by atoms with E-state index in [0.29, 0.717) is 28.8 Å². The number of aryl methyl sites for hydroxylation is 1. The number of carboxylic acid groups (broad SMARTS) is 1. The van der Waals surface area contributed by atoms with E-state index in [2.05, 4.69) is 15.1 Å². The normalized spacial score (nSPS) is 11.4. The maximum atomic E-state index is 14.1. The van der Waals surface area contributed by atoms with Gasteiger partial charge in [-0.1, -0.05) is 23.7 Å². The first-order valence-electron chi connectivity index (χ1n) is 11.6. The van der Waals surface area contributed by atoms with E-state index < -0.39 is 23.5 Å². The molecule has 0 aliphatic rings. The first kappa shape index (κ1) is 27.8. The third-order valence-electron chi connectivity index (χ3n) is 5.71. The van der Waals surface area contributed by atoms with E-state index in [1.54, 1.807) is 30.3 Å². The molecular weight excluding hydrogens is 542 g/mol. The first-order chi connectivity index (χ1) is 18.5. The number of methoxy groups -OCH3 is 1. The van der Waals surface area contributed by atoms with Crippen molar-refractivity contribution < 1.29 is 32.2 Å². The molecule has 8 nitrogen and oxygen atoms in total. The molecule has 0 atom stereocenters. The van der Waals surface area contributed by atoms with Gasteiger partial charge < -0.3 is 14.7 Å². The number of carbonyl (C=O) groups is 1. The topological polar surface area (TPSA) is 93.4 Å². The average molecular weight is 564 g/mol. The molecule has 2 aromatic heterocycles. The number of pyridine rings is 1. The largest absolute Gasteiger partial charge is 0.497 e. The zero-order chi connectivity index (χ0) is 28.2. The van der Waals surface area contributed by atoms with Crippen molar-refractivity contribution in [2.24, 2.45) is 0 Å². The van der Waals surface area contributed by atoms with Crippen molar-refractivity contribution in [2.75, 3.05) is 12.0 Å². The molecule has 0 saturated carbocycles. The van der Waals surface area contributed by atoms with Crippen molar-refractivity contribution >= 4 is 29.2 Å². The van der Waals surface area contributed by atoms with Gasteiger partial charge in [-0.05, 0) is 54.4 Å². The molecule has 13 heteroatoms. The highest BCUT2D eigenvalue weighted by Gasteiger charge is 2.35. The number of benzene rings is 2. The Bertz CT molecular complexity index is 1460. The fourth-order valence-electron chi connectivity index (χ4n) is 3.82. The lowest BCUT2D eigenvalue weighted by Gasteiger charge is -2.23. The lowest BCUT2D eigenvalue weighted by atomic mass is 10.1. The highest BCUT2D eigenvalue weighted by atomic mass is 35.5. The standard InChI is InChI=1S/C26H22ClF4N5O3/c1-39-19-7-4-16(5-8-19)15-35(18-6-9-21(28)20(14-18)26(29,30)31)25-33-24(17-10-11-32-22(27)13-17)36(34-25)12-2-3-23(37)38/h4-11,13-14H,2-3,12,15H2,1H3,(H,37,38). The molecule has 0 fully saturated rings. The van der Waals surface area contributed by atoms with Crippen LogP contribution in [0.2, 0.25) is 5.15 Å². The number of nitrogens with zero attached hydrogens (tertiary/aromatic N) is 5. The van der Waals surface area contributed by atoms with Crippen molar-refractivity contribution in [3.05, 3.63) is 82.9 Å². The number of carboxylic acids is 1. The zero-order valence-corrected chi connectivity index (χ0v) is 21.2. The van der Waals surface area contributed by atoms with Crippen LogP contribution in [0, 0.1) is 5.82 Å². The first-order valence-corrected chi connectivity index (χ1v) is 12.0. The zero-order valence-electron chi connectivity index (χ0n) is 20.5. The van der Waals surface area contributed by atoms with Gasteiger partial charge in [0.2, 0.25) is 5.95 Å². The predicted molar refractivity (Wildman–Crippen MR) is 135 cm³/mol. The Labute approximate surface area is 225 Å². The van der Waals surface area contributed by atoms with Gasteiger partial charge in [0.25, 0.3) is 0 Å². The van der Waals surface area contributed by atoms with Crippen LogP contribution in [0.25, 0.3) is 11.4 Å². The minimum atomic E-state index is -4.92. The van der Waals surface area contributed by atoms with Crippen molar-refractivity contribution in [3.63, 3.8) is 0 Å². The van der Waals surface area contributed by atoms with Gasteiger partial charge in [-0.3, -0.25) is 4.79 Å². The van der Waals surface area contributed by atoms with Crippen LogP contribution in [-0.4, -0.2) is 37.9 Å². The highest BCUT2D eigenvalue weighted by Crippen LogP contribution is 2.36. The molecule has 0 aliphatic heterocycles. The van der Waals surface area contributed by atoms with E-state index in [1.807, 2.05) is 0 Å². The summed E-state index contributed by atoms with van der Waals surface area (Å²) in [5, 5.41) is 13.7. The van der Waals surface area contributed by atoms with Crippen molar-refractivity contribution in [1.82, 2.24) is 19.7 Å². The highest BCUT2D eigenvalue weighted by molar-refractivity contribution is 6.29. The molecule has 0 spiro atoms. The van der Waals surface area contributed by atoms with Gasteiger partial charge in [0.1, 0.15) is 16.7 Å². The summed E-state index contributed by atoms with van der Waals surface area (Å²) in [6, 6.07) is 12.7. The van der Waals surface area contributed by atoms with E-state index >= 15 is 0 Å². The Morgan fingerprint density at radius 1 is 1.13 bits per heavy atom. The second-order valence-electron chi connectivity index (χ2n) is 8.42. The van der Waals surface area contributed by atoms with Gasteiger partial charge in [0.05, 0.1) is 19.2 Å². The van der Waals surface area contributed by atoms with Crippen LogP contribution < -0.4 is 9.64 Å². The van der Waals surface area contributed by atoms with Crippen LogP contribution in [0.5, 0.6) is 5.75 Å². The lowest BCUT2D eigenvalue weighted by Crippen LogP contribution is -2.20. The van der Waals surface area contributed by atoms with Gasteiger partial charge in [0, 0.05) is 30.4 Å². The molecule has 4 aromatic rings. The number of anilines is 2. The third-order valence-corrected chi connectivity index (χ3v) is 5.92. The number of hydrogen-bond acceptors (Lipinski definition) is 6. The maximum Gasteiger partial charge on any atom is 0.419 e. The molecule has 204 valence electrons. The molecule has 0 unspecified atom stereocenters. The summed E-state index contributed by atoms with van der Waals surface area (Å²) in [5.74, 6) is -1.49. The maximum absolute atomic E-state index is 14.1. The summed E-state index contributed by atoms with van der Waals surface area (Å²) in [6.07, 6.45) is -3.38. The SMILES string of the molecule is COc1ccc(CN(c2ccc(F)c(C(F)(F)F)c2)c2nc(-c3ccnc(Cl)c3)n(CCCC(=O)O)n2)cc1. The Morgan fingerprint density at radius 3 is 2.51 bits per heavy atom. The average Bonchev–Trinajstić information content (AvgIpc) is 3.31. The summed E-state index contributed by atoms with van der Waals surface area (Å²) in [4.78, 5) is 21.0. The van der Waals surface area contributed by atoms with Gasteiger partial charge in [-0.15, -0.1) is 5.10 Å². The van der Waals surface area contributed by atoms with Crippen LogP contribution >= 0.6 is 11.6 Å². The number of alkyl halides is 3. The number of hydrogen-bond donors (Lipinski definition) is 1. The predicted octanol–water partition coefficient (Wildman–Crippen LogP) is 6.36.